The maximum Gasteiger partial charge on any atom is 0.341 e. The first-order chi connectivity index (χ1) is 14.5. The molecule has 0 aromatic carbocycles. The number of fused-ring (bicyclic) bond motifs is 1. The van der Waals surface area contributed by atoms with Crippen LogP contribution in [0.15, 0.2) is 23.0 Å². The molecule has 3 aromatic heterocycles. The van der Waals surface area contributed by atoms with E-state index >= 15 is 0 Å². The van der Waals surface area contributed by atoms with Gasteiger partial charge < -0.3 is 15.0 Å². The molecule has 158 valence electrons. The number of hydrogen-bond donors (Lipinski definition) is 1. The molecule has 0 bridgehead atoms. The molecule has 1 saturated heterocycles. The predicted octanol–water partition coefficient (Wildman–Crippen LogP) is 2.91. The van der Waals surface area contributed by atoms with E-state index in [2.05, 4.69) is 20.3 Å². The summed E-state index contributed by atoms with van der Waals surface area (Å²) in [6.45, 7) is 5.46. The van der Waals surface area contributed by atoms with Gasteiger partial charge in [-0.25, -0.2) is 9.78 Å². The summed E-state index contributed by atoms with van der Waals surface area (Å²) >= 11 is 1.51. The number of amides is 1. The fourth-order valence-corrected chi connectivity index (χ4v) is 4.63. The highest BCUT2D eigenvalue weighted by Gasteiger charge is 2.28. The van der Waals surface area contributed by atoms with Crippen LogP contribution in [0.3, 0.4) is 0 Å². The van der Waals surface area contributed by atoms with Gasteiger partial charge in [-0.3, -0.25) is 9.48 Å². The van der Waals surface area contributed by atoms with Gasteiger partial charge in [0.25, 0.3) is 5.91 Å². The van der Waals surface area contributed by atoms with Gasteiger partial charge in [0.2, 0.25) is 0 Å². The second-order valence-electron chi connectivity index (χ2n) is 7.40. The number of carbonyl (C=O) groups excluding carboxylic acids is 2. The Balaban J connectivity index is 1.59. The van der Waals surface area contributed by atoms with Crippen molar-refractivity contribution in [1.82, 2.24) is 20.1 Å². The number of anilines is 1. The lowest BCUT2D eigenvalue weighted by Gasteiger charge is -2.35. The number of esters is 1. The topological polar surface area (TPSA) is 89.3 Å². The molecular formula is C21H25N5O3S. The van der Waals surface area contributed by atoms with Crippen molar-refractivity contribution in [2.75, 3.05) is 24.6 Å². The lowest BCUT2D eigenvalue weighted by Crippen LogP contribution is -2.45. The highest BCUT2D eigenvalue weighted by Crippen LogP contribution is 2.34. The molecular weight excluding hydrogens is 402 g/mol. The number of aryl methyl sites for hydroxylation is 2. The van der Waals surface area contributed by atoms with Crippen molar-refractivity contribution in [3.63, 3.8) is 0 Å². The van der Waals surface area contributed by atoms with Crippen molar-refractivity contribution in [3.05, 3.63) is 39.8 Å². The van der Waals surface area contributed by atoms with Crippen LogP contribution in [0, 0.1) is 6.92 Å². The van der Waals surface area contributed by atoms with Crippen molar-refractivity contribution in [2.45, 2.75) is 32.7 Å². The number of nitrogens with zero attached hydrogens (tertiary/aromatic N) is 4. The largest absolute Gasteiger partial charge is 0.462 e. The zero-order valence-corrected chi connectivity index (χ0v) is 18.2. The highest BCUT2D eigenvalue weighted by molar-refractivity contribution is 7.08. The number of pyridine rings is 1. The van der Waals surface area contributed by atoms with Crippen LogP contribution in [0.2, 0.25) is 0 Å². The van der Waals surface area contributed by atoms with Crippen LogP contribution >= 0.6 is 11.3 Å². The van der Waals surface area contributed by atoms with E-state index in [0.29, 0.717) is 30.8 Å². The number of rotatable bonds is 5. The molecule has 8 nitrogen and oxygen atoms in total. The maximum atomic E-state index is 12.6. The van der Waals surface area contributed by atoms with Crippen molar-refractivity contribution < 1.29 is 14.3 Å². The predicted molar refractivity (Wildman–Crippen MR) is 116 cm³/mol. The minimum absolute atomic E-state index is 0.0312. The van der Waals surface area contributed by atoms with Crippen LogP contribution in [0.25, 0.3) is 11.0 Å². The molecule has 0 atom stereocenters. The molecule has 0 spiro atoms. The molecule has 0 saturated carbocycles. The zero-order valence-electron chi connectivity index (χ0n) is 17.3. The number of hydrogen-bond acceptors (Lipinski definition) is 7. The molecule has 0 radical (unpaired) electrons. The van der Waals surface area contributed by atoms with Crippen LogP contribution < -0.4 is 10.2 Å². The first kappa shape index (κ1) is 20.3. The molecule has 1 aliphatic rings. The monoisotopic (exact) mass is 427 g/mol. The van der Waals surface area contributed by atoms with Crippen LogP contribution in [-0.2, 0) is 11.8 Å². The quantitative estimate of drug-likeness (QED) is 0.630. The average Bonchev–Trinajstić information content (AvgIpc) is 3.37. The summed E-state index contributed by atoms with van der Waals surface area (Å²) in [4.78, 5) is 31.7. The third-order valence-corrected chi connectivity index (χ3v) is 6.11. The molecule has 1 fully saturated rings. The number of thiophene rings is 1. The normalized spacial score (nSPS) is 14.8. The third kappa shape index (κ3) is 3.77. The van der Waals surface area contributed by atoms with E-state index in [0.717, 1.165) is 35.3 Å². The summed E-state index contributed by atoms with van der Waals surface area (Å²) in [7, 11) is 1.85. The van der Waals surface area contributed by atoms with Crippen molar-refractivity contribution >= 4 is 39.9 Å². The molecule has 4 rings (SSSR count). The Kier molecular flexibility index (Phi) is 5.72. The third-order valence-electron chi connectivity index (χ3n) is 5.42. The van der Waals surface area contributed by atoms with Gasteiger partial charge in [0.05, 0.1) is 23.4 Å². The van der Waals surface area contributed by atoms with Crippen LogP contribution in [-0.4, -0.2) is 52.4 Å². The zero-order chi connectivity index (χ0) is 21.3. The van der Waals surface area contributed by atoms with Crippen molar-refractivity contribution in [1.29, 1.82) is 0 Å². The van der Waals surface area contributed by atoms with Gasteiger partial charge in [0, 0.05) is 43.3 Å². The Morgan fingerprint density at radius 1 is 1.33 bits per heavy atom. The van der Waals surface area contributed by atoms with E-state index in [1.165, 1.54) is 11.3 Å². The molecule has 0 unspecified atom stereocenters. The van der Waals surface area contributed by atoms with Crippen molar-refractivity contribution in [2.24, 2.45) is 7.05 Å². The van der Waals surface area contributed by atoms with Crippen LogP contribution in [0.1, 0.15) is 46.2 Å². The summed E-state index contributed by atoms with van der Waals surface area (Å²) in [6, 6.07) is 1.94. The van der Waals surface area contributed by atoms with E-state index in [-0.39, 0.29) is 17.9 Å². The van der Waals surface area contributed by atoms with E-state index in [4.69, 9.17) is 4.74 Å². The van der Waals surface area contributed by atoms with E-state index < -0.39 is 0 Å². The number of ether oxygens (including phenoxy) is 1. The number of piperidine rings is 1. The summed E-state index contributed by atoms with van der Waals surface area (Å²) in [5, 5.41) is 12.3. The van der Waals surface area contributed by atoms with Gasteiger partial charge in [0.15, 0.2) is 5.65 Å². The lowest BCUT2D eigenvalue weighted by molar-refractivity contribution is 0.0526. The SMILES string of the molecule is CCOC(=O)c1cnc2c(c(C)nn2C)c1N1CCC(NC(=O)c2ccsc2)CC1. The number of carbonyl (C=O) groups is 2. The first-order valence-electron chi connectivity index (χ1n) is 10.1. The van der Waals surface area contributed by atoms with E-state index in [1.54, 1.807) is 17.8 Å². The lowest BCUT2D eigenvalue weighted by atomic mass is 10.0. The minimum atomic E-state index is -0.377. The van der Waals surface area contributed by atoms with Crippen LogP contribution in [0.5, 0.6) is 0 Å². The van der Waals surface area contributed by atoms with Gasteiger partial charge in [-0.1, -0.05) is 0 Å². The summed E-state index contributed by atoms with van der Waals surface area (Å²) in [6.07, 6.45) is 3.17. The van der Waals surface area contributed by atoms with E-state index in [1.807, 2.05) is 30.8 Å². The standard InChI is InChI=1S/C21H25N5O3S/c1-4-29-21(28)16-11-22-19-17(13(2)24-25(19)3)18(16)26-8-5-15(6-9-26)23-20(27)14-7-10-30-12-14/h7,10-12,15H,4-6,8-9H2,1-3H3,(H,23,27). The summed E-state index contributed by atoms with van der Waals surface area (Å²) in [5.41, 5.74) is 3.55. The Morgan fingerprint density at radius 2 is 2.10 bits per heavy atom. The Bertz CT molecular complexity index is 1070. The maximum absolute atomic E-state index is 12.6. The van der Waals surface area contributed by atoms with E-state index in [9.17, 15) is 9.59 Å². The van der Waals surface area contributed by atoms with Gasteiger partial charge in [-0.15, -0.1) is 0 Å². The van der Waals surface area contributed by atoms with Gasteiger partial charge in [0.1, 0.15) is 5.56 Å². The van der Waals surface area contributed by atoms with Crippen LogP contribution in [0.4, 0.5) is 5.69 Å². The van der Waals surface area contributed by atoms with Crippen molar-refractivity contribution in [3.8, 4) is 0 Å². The summed E-state index contributed by atoms with van der Waals surface area (Å²) < 4.78 is 7.01. The molecule has 30 heavy (non-hydrogen) atoms. The second-order valence-corrected chi connectivity index (χ2v) is 8.18. The molecule has 1 aliphatic heterocycles. The van der Waals surface area contributed by atoms with Gasteiger partial charge in [-0.2, -0.15) is 16.4 Å². The molecule has 1 amide bonds. The average molecular weight is 428 g/mol. The molecule has 9 heteroatoms. The number of nitrogens with one attached hydrogen (secondary N) is 1. The highest BCUT2D eigenvalue weighted by atomic mass is 32.1. The minimum Gasteiger partial charge on any atom is -0.462 e. The first-order valence-corrected chi connectivity index (χ1v) is 11.0. The fraction of sp³-hybridized carbons (Fsp3) is 0.429. The van der Waals surface area contributed by atoms with Gasteiger partial charge >= 0.3 is 5.97 Å². The molecule has 3 aromatic rings. The fourth-order valence-electron chi connectivity index (χ4n) is 3.99. The molecule has 1 N–H and O–H groups in total. The smallest absolute Gasteiger partial charge is 0.341 e. The number of aromatic nitrogens is 3. The Morgan fingerprint density at radius 3 is 2.77 bits per heavy atom. The second kappa shape index (κ2) is 8.43. The molecule has 4 heterocycles. The summed E-state index contributed by atoms with van der Waals surface area (Å²) in [5.74, 6) is -0.408. The Labute approximate surface area is 178 Å². The Hall–Kier alpha value is -2.94. The van der Waals surface area contributed by atoms with Gasteiger partial charge in [-0.05, 0) is 38.1 Å². The molecule has 0 aliphatic carbocycles.